The molecule has 1 aliphatic rings. The van der Waals surface area contributed by atoms with Crippen molar-refractivity contribution >= 4 is 5.78 Å². The van der Waals surface area contributed by atoms with Gasteiger partial charge in [-0.2, -0.15) is 0 Å². The quantitative estimate of drug-likeness (QED) is 0.805. The van der Waals surface area contributed by atoms with Gasteiger partial charge in [0.2, 0.25) is 0 Å². The molecule has 4 heteroatoms. The van der Waals surface area contributed by atoms with E-state index in [9.17, 15) is 4.79 Å². The Kier molecular flexibility index (Phi) is 4.33. The number of ether oxygens (including phenoxy) is 2. The third-order valence-corrected chi connectivity index (χ3v) is 3.26. The molecule has 4 nitrogen and oxygen atoms in total. The standard InChI is InChI=1S/C14H19NO3/c1-15-8-13(16)12-7-10(3-4-14(12)17-2)11-5-6-18-9-11/h3-4,7,11,15H,5-6,8-9H2,1-2H3. The number of methoxy groups -OCH3 is 1. The predicted octanol–water partition coefficient (Wildman–Crippen LogP) is 1.60. The Balaban J connectivity index is 2.29. The van der Waals surface area contributed by atoms with Crippen LogP contribution in [0.15, 0.2) is 18.2 Å². The fraction of sp³-hybridized carbons (Fsp3) is 0.500. The van der Waals surface area contributed by atoms with E-state index in [2.05, 4.69) is 5.32 Å². The van der Waals surface area contributed by atoms with E-state index < -0.39 is 0 Å². The molecule has 0 aliphatic carbocycles. The van der Waals surface area contributed by atoms with Crippen LogP contribution in [0.1, 0.15) is 28.3 Å². The van der Waals surface area contributed by atoms with Crippen molar-refractivity contribution < 1.29 is 14.3 Å². The third kappa shape index (κ3) is 2.71. The Morgan fingerprint density at radius 1 is 1.56 bits per heavy atom. The second-order valence-electron chi connectivity index (χ2n) is 4.47. The van der Waals surface area contributed by atoms with Crippen LogP contribution < -0.4 is 10.1 Å². The van der Waals surface area contributed by atoms with Crippen molar-refractivity contribution in [2.75, 3.05) is 33.9 Å². The SMILES string of the molecule is CNCC(=O)c1cc(C2CCOC2)ccc1OC. The van der Waals surface area contributed by atoms with Gasteiger partial charge in [-0.1, -0.05) is 6.07 Å². The van der Waals surface area contributed by atoms with E-state index in [-0.39, 0.29) is 5.78 Å². The first-order valence-corrected chi connectivity index (χ1v) is 6.19. The minimum absolute atomic E-state index is 0.0510. The molecule has 1 atom stereocenters. The number of likely N-dealkylation sites (N-methyl/N-ethyl adjacent to an activating group) is 1. The molecule has 0 amide bonds. The smallest absolute Gasteiger partial charge is 0.180 e. The van der Waals surface area contributed by atoms with Gasteiger partial charge < -0.3 is 14.8 Å². The molecule has 1 heterocycles. The van der Waals surface area contributed by atoms with Gasteiger partial charge in [0.1, 0.15) is 5.75 Å². The molecule has 0 spiro atoms. The van der Waals surface area contributed by atoms with Gasteiger partial charge in [0, 0.05) is 12.5 Å². The summed E-state index contributed by atoms with van der Waals surface area (Å²) < 4.78 is 10.6. The maximum absolute atomic E-state index is 12.0. The molecule has 0 bridgehead atoms. The van der Waals surface area contributed by atoms with Gasteiger partial charge in [0.15, 0.2) is 5.78 Å². The van der Waals surface area contributed by atoms with Crippen LogP contribution >= 0.6 is 0 Å². The normalized spacial score (nSPS) is 18.9. The highest BCUT2D eigenvalue weighted by molar-refractivity contribution is 6.00. The summed E-state index contributed by atoms with van der Waals surface area (Å²) in [6.45, 7) is 1.86. The molecule has 0 saturated carbocycles. The zero-order valence-electron chi connectivity index (χ0n) is 10.9. The molecule has 1 saturated heterocycles. The second kappa shape index (κ2) is 5.98. The first kappa shape index (κ1) is 13.1. The number of hydrogen-bond donors (Lipinski definition) is 1. The van der Waals surface area contributed by atoms with Crippen molar-refractivity contribution in [3.63, 3.8) is 0 Å². The second-order valence-corrected chi connectivity index (χ2v) is 4.47. The molecule has 1 aliphatic heterocycles. The summed E-state index contributed by atoms with van der Waals surface area (Å²) in [5, 5.41) is 2.88. The zero-order valence-corrected chi connectivity index (χ0v) is 10.9. The number of benzene rings is 1. The van der Waals surface area contributed by atoms with Crippen LogP contribution in [-0.4, -0.2) is 39.7 Å². The van der Waals surface area contributed by atoms with Crippen LogP contribution in [0.5, 0.6) is 5.75 Å². The van der Waals surface area contributed by atoms with Gasteiger partial charge in [-0.15, -0.1) is 0 Å². The molecular weight excluding hydrogens is 230 g/mol. The molecular formula is C14H19NO3. The first-order valence-electron chi connectivity index (χ1n) is 6.19. The largest absolute Gasteiger partial charge is 0.496 e. The van der Waals surface area contributed by atoms with E-state index in [0.717, 1.165) is 25.2 Å². The van der Waals surface area contributed by atoms with E-state index in [1.165, 1.54) is 0 Å². The van der Waals surface area contributed by atoms with Crippen LogP contribution in [0.2, 0.25) is 0 Å². The topological polar surface area (TPSA) is 47.6 Å². The lowest BCUT2D eigenvalue weighted by molar-refractivity contribution is 0.0990. The van der Waals surface area contributed by atoms with Crippen molar-refractivity contribution in [2.24, 2.45) is 0 Å². The van der Waals surface area contributed by atoms with Crippen molar-refractivity contribution in [3.05, 3.63) is 29.3 Å². The Morgan fingerprint density at radius 3 is 3.00 bits per heavy atom. The highest BCUT2D eigenvalue weighted by Gasteiger charge is 2.20. The number of ketones is 1. The predicted molar refractivity (Wildman–Crippen MR) is 69.4 cm³/mol. The van der Waals surface area contributed by atoms with Crippen LogP contribution in [0, 0.1) is 0 Å². The molecule has 98 valence electrons. The van der Waals surface area contributed by atoms with E-state index in [4.69, 9.17) is 9.47 Å². The van der Waals surface area contributed by atoms with Crippen molar-refractivity contribution in [1.29, 1.82) is 0 Å². The van der Waals surface area contributed by atoms with Crippen molar-refractivity contribution in [2.45, 2.75) is 12.3 Å². The molecule has 0 aromatic heterocycles. The van der Waals surface area contributed by atoms with Gasteiger partial charge in [-0.3, -0.25) is 4.79 Å². The lowest BCUT2D eigenvalue weighted by Gasteiger charge is -2.13. The van der Waals surface area contributed by atoms with Gasteiger partial charge in [-0.05, 0) is 31.2 Å². The Labute approximate surface area is 107 Å². The highest BCUT2D eigenvalue weighted by Crippen LogP contribution is 2.29. The number of Topliss-reactive ketones (excluding diaryl/α,β-unsaturated/α-hetero) is 1. The van der Waals surface area contributed by atoms with Crippen LogP contribution in [0.3, 0.4) is 0 Å². The van der Waals surface area contributed by atoms with Gasteiger partial charge in [0.25, 0.3) is 0 Å². The average Bonchev–Trinajstić information content (AvgIpc) is 2.92. The molecule has 1 aromatic carbocycles. The van der Waals surface area contributed by atoms with E-state index in [1.54, 1.807) is 14.2 Å². The average molecular weight is 249 g/mol. The fourth-order valence-corrected chi connectivity index (χ4v) is 2.25. The minimum Gasteiger partial charge on any atom is -0.496 e. The van der Waals surface area contributed by atoms with Gasteiger partial charge in [0.05, 0.1) is 25.8 Å². The Bertz CT molecular complexity index is 425. The zero-order chi connectivity index (χ0) is 13.0. The summed E-state index contributed by atoms with van der Waals surface area (Å²) in [6, 6.07) is 5.84. The lowest BCUT2D eigenvalue weighted by atomic mass is 9.95. The summed E-state index contributed by atoms with van der Waals surface area (Å²) in [7, 11) is 3.35. The van der Waals surface area contributed by atoms with E-state index in [1.807, 2.05) is 18.2 Å². The molecule has 2 rings (SSSR count). The number of carbonyl (C=O) groups is 1. The minimum atomic E-state index is 0.0510. The van der Waals surface area contributed by atoms with E-state index >= 15 is 0 Å². The Morgan fingerprint density at radius 2 is 2.39 bits per heavy atom. The molecule has 1 N–H and O–H groups in total. The maximum Gasteiger partial charge on any atom is 0.180 e. The number of hydrogen-bond acceptors (Lipinski definition) is 4. The lowest BCUT2D eigenvalue weighted by Crippen LogP contribution is -2.19. The Hall–Kier alpha value is -1.39. The maximum atomic E-state index is 12.0. The van der Waals surface area contributed by atoms with Crippen LogP contribution in [0.4, 0.5) is 0 Å². The summed E-state index contributed by atoms with van der Waals surface area (Å²) in [5.74, 6) is 1.09. The fourth-order valence-electron chi connectivity index (χ4n) is 2.25. The summed E-state index contributed by atoms with van der Waals surface area (Å²) in [4.78, 5) is 12.0. The van der Waals surface area contributed by atoms with E-state index in [0.29, 0.717) is 23.8 Å². The number of carbonyl (C=O) groups excluding carboxylic acids is 1. The molecule has 1 aromatic rings. The summed E-state index contributed by atoms with van der Waals surface area (Å²) in [6.07, 6.45) is 1.02. The van der Waals surface area contributed by atoms with Crippen LogP contribution in [-0.2, 0) is 4.74 Å². The number of nitrogens with one attached hydrogen (secondary N) is 1. The van der Waals surface area contributed by atoms with Crippen molar-refractivity contribution in [1.82, 2.24) is 5.32 Å². The molecule has 0 radical (unpaired) electrons. The monoisotopic (exact) mass is 249 g/mol. The molecule has 1 unspecified atom stereocenters. The van der Waals surface area contributed by atoms with Crippen molar-refractivity contribution in [3.8, 4) is 5.75 Å². The van der Waals surface area contributed by atoms with Gasteiger partial charge in [-0.25, -0.2) is 0 Å². The highest BCUT2D eigenvalue weighted by atomic mass is 16.5. The summed E-state index contributed by atoms with van der Waals surface area (Å²) >= 11 is 0. The van der Waals surface area contributed by atoms with Crippen LogP contribution in [0.25, 0.3) is 0 Å². The van der Waals surface area contributed by atoms with Gasteiger partial charge >= 0.3 is 0 Å². The third-order valence-electron chi connectivity index (χ3n) is 3.26. The number of rotatable bonds is 5. The molecule has 1 fully saturated rings. The first-order chi connectivity index (χ1) is 8.76. The summed E-state index contributed by atoms with van der Waals surface area (Å²) in [5.41, 5.74) is 1.81. The molecule has 18 heavy (non-hydrogen) atoms.